The molecular formula is C28H48O. The van der Waals surface area contributed by atoms with Crippen LogP contribution in [0.4, 0.5) is 0 Å². The highest BCUT2D eigenvalue weighted by Gasteiger charge is 2.60. The highest BCUT2D eigenvalue weighted by Crippen LogP contribution is 2.68. The van der Waals surface area contributed by atoms with E-state index in [9.17, 15) is 5.11 Å². The van der Waals surface area contributed by atoms with Crippen molar-refractivity contribution in [2.45, 2.75) is 123 Å². The molecule has 1 N–H and O–H groups in total. The minimum atomic E-state index is -0.393. The van der Waals surface area contributed by atoms with Gasteiger partial charge in [-0.05, 0) is 136 Å². The Hall–Kier alpha value is -0.0400. The quantitative estimate of drug-likeness (QED) is 0.503. The lowest BCUT2D eigenvalue weighted by Gasteiger charge is -2.62. The molecule has 0 saturated heterocycles. The first-order chi connectivity index (χ1) is 13.7. The smallest absolute Gasteiger partial charge is 0.0622 e. The summed E-state index contributed by atoms with van der Waals surface area (Å²) in [5.41, 5.74) is 0.772. The van der Waals surface area contributed by atoms with Gasteiger partial charge in [0.05, 0.1) is 5.60 Å². The van der Waals surface area contributed by atoms with Crippen LogP contribution in [0.15, 0.2) is 0 Å². The van der Waals surface area contributed by atoms with Crippen LogP contribution in [0.3, 0.4) is 0 Å². The standard InChI is InChI=1S/C28H48O/c1-19(20-8-9-20)6-5-7-21-11-13-24-23-12-10-22-18-26(2,29)16-17-28(22,4)25(23)14-15-27(21,24)3/h19-25,29H,5-18H2,1-4H3/t19?,21-,22?,23?,24?,25?,26-,27?,28?/m0/s1. The maximum atomic E-state index is 10.7. The van der Waals surface area contributed by atoms with Gasteiger partial charge in [0, 0.05) is 0 Å². The van der Waals surface area contributed by atoms with Crippen molar-refractivity contribution >= 4 is 0 Å². The van der Waals surface area contributed by atoms with Crippen LogP contribution < -0.4 is 0 Å². The van der Waals surface area contributed by atoms with Crippen LogP contribution in [0.25, 0.3) is 0 Å². The fourth-order valence-corrected chi connectivity index (χ4v) is 9.60. The molecule has 5 fully saturated rings. The Kier molecular flexibility index (Phi) is 5.21. The Morgan fingerprint density at radius 3 is 2.34 bits per heavy atom. The third-order valence-electron chi connectivity index (χ3n) is 11.8. The molecule has 0 spiro atoms. The van der Waals surface area contributed by atoms with Crippen LogP contribution in [0, 0.1) is 52.3 Å². The molecule has 0 aromatic heterocycles. The molecule has 1 heteroatoms. The second-order valence-corrected chi connectivity index (χ2v) is 13.4. The zero-order valence-electron chi connectivity index (χ0n) is 19.9. The van der Waals surface area contributed by atoms with E-state index in [1.54, 1.807) is 0 Å². The molecule has 5 saturated carbocycles. The van der Waals surface area contributed by atoms with Crippen molar-refractivity contribution in [2.24, 2.45) is 52.3 Å². The van der Waals surface area contributed by atoms with Crippen LogP contribution in [0.2, 0.25) is 0 Å². The van der Waals surface area contributed by atoms with Gasteiger partial charge in [-0.25, -0.2) is 0 Å². The lowest BCUT2D eigenvalue weighted by atomic mass is 9.44. The maximum Gasteiger partial charge on any atom is 0.0622 e. The average Bonchev–Trinajstić information content (AvgIpc) is 3.46. The van der Waals surface area contributed by atoms with Gasteiger partial charge in [-0.2, -0.15) is 0 Å². The van der Waals surface area contributed by atoms with Crippen LogP contribution in [0.5, 0.6) is 0 Å². The minimum Gasteiger partial charge on any atom is -0.390 e. The predicted octanol–water partition coefficient (Wildman–Crippen LogP) is 7.61. The monoisotopic (exact) mass is 400 g/mol. The lowest BCUT2D eigenvalue weighted by molar-refractivity contribution is -0.146. The normalized spacial score (nSPS) is 53.1. The zero-order chi connectivity index (χ0) is 20.4. The van der Waals surface area contributed by atoms with Gasteiger partial charge in [0.25, 0.3) is 0 Å². The summed E-state index contributed by atoms with van der Waals surface area (Å²) < 4.78 is 0. The number of aliphatic hydroxyl groups is 1. The van der Waals surface area contributed by atoms with E-state index in [1.165, 1.54) is 77.0 Å². The summed E-state index contributed by atoms with van der Waals surface area (Å²) in [4.78, 5) is 0. The van der Waals surface area contributed by atoms with Gasteiger partial charge in [0.2, 0.25) is 0 Å². The molecule has 0 bridgehead atoms. The summed E-state index contributed by atoms with van der Waals surface area (Å²) in [5.74, 6) is 6.82. The second-order valence-electron chi connectivity index (χ2n) is 13.4. The van der Waals surface area contributed by atoms with E-state index < -0.39 is 5.60 Å². The average molecular weight is 401 g/mol. The Bertz CT molecular complexity index is 605. The summed E-state index contributed by atoms with van der Waals surface area (Å²) in [6, 6.07) is 0. The summed E-state index contributed by atoms with van der Waals surface area (Å²) >= 11 is 0. The van der Waals surface area contributed by atoms with Gasteiger partial charge in [0.1, 0.15) is 0 Å². The largest absolute Gasteiger partial charge is 0.390 e. The van der Waals surface area contributed by atoms with E-state index >= 15 is 0 Å². The van der Waals surface area contributed by atoms with Gasteiger partial charge in [-0.15, -0.1) is 0 Å². The second kappa shape index (κ2) is 7.25. The van der Waals surface area contributed by atoms with Crippen molar-refractivity contribution < 1.29 is 5.11 Å². The van der Waals surface area contributed by atoms with Crippen molar-refractivity contribution in [2.75, 3.05) is 0 Å². The molecule has 29 heavy (non-hydrogen) atoms. The lowest BCUT2D eigenvalue weighted by Crippen LogP contribution is -2.55. The number of hydrogen-bond acceptors (Lipinski definition) is 1. The van der Waals surface area contributed by atoms with Crippen molar-refractivity contribution in [3.05, 3.63) is 0 Å². The number of fused-ring (bicyclic) bond motifs is 5. The van der Waals surface area contributed by atoms with E-state index in [0.717, 1.165) is 54.3 Å². The molecule has 1 nitrogen and oxygen atoms in total. The molecule has 5 aliphatic carbocycles. The van der Waals surface area contributed by atoms with E-state index in [4.69, 9.17) is 0 Å². The molecular weight excluding hydrogens is 352 g/mol. The van der Waals surface area contributed by atoms with Gasteiger partial charge >= 0.3 is 0 Å². The Labute approximate surface area is 180 Å². The summed E-state index contributed by atoms with van der Waals surface area (Å²) in [6.07, 6.45) is 19.8. The van der Waals surface area contributed by atoms with Gasteiger partial charge in [-0.1, -0.05) is 33.6 Å². The molecule has 9 atom stereocenters. The van der Waals surface area contributed by atoms with Crippen LogP contribution >= 0.6 is 0 Å². The molecule has 7 unspecified atom stereocenters. The van der Waals surface area contributed by atoms with E-state index in [2.05, 4.69) is 27.7 Å². The SMILES string of the molecule is CC(CCC[C@H]1CCC2C3CCC4C[C@@](C)(O)CCC4(C)C3CCC21C)C1CC1. The van der Waals surface area contributed by atoms with Gasteiger partial charge in [-0.3, -0.25) is 0 Å². The van der Waals surface area contributed by atoms with Crippen molar-refractivity contribution in [1.82, 2.24) is 0 Å². The molecule has 0 aromatic carbocycles. The van der Waals surface area contributed by atoms with Crippen LogP contribution in [0.1, 0.15) is 118 Å². The molecule has 0 aliphatic heterocycles. The predicted molar refractivity (Wildman–Crippen MR) is 122 cm³/mol. The third kappa shape index (κ3) is 3.54. The Balaban J connectivity index is 1.25. The molecule has 5 aliphatic rings. The number of rotatable bonds is 5. The highest BCUT2D eigenvalue weighted by molar-refractivity contribution is 5.10. The van der Waals surface area contributed by atoms with Crippen molar-refractivity contribution in [3.63, 3.8) is 0 Å². The molecule has 0 heterocycles. The topological polar surface area (TPSA) is 20.2 Å². The first-order valence-corrected chi connectivity index (χ1v) is 13.5. The maximum absolute atomic E-state index is 10.7. The fourth-order valence-electron chi connectivity index (χ4n) is 9.60. The fraction of sp³-hybridized carbons (Fsp3) is 1.00. The van der Waals surface area contributed by atoms with Crippen LogP contribution in [-0.2, 0) is 0 Å². The van der Waals surface area contributed by atoms with Crippen LogP contribution in [-0.4, -0.2) is 10.7 Å². The van der Waals surface area contributed by atoms with Crippen molar-refractivity contribution in [1.29, 1.82) is 0 Å². The third-order valence-corrected chi connectivity index (χ3v) is 11.8. The van der Waals surface area contributed by atoms with Gasteiger partial charge < -0.3 is 5.11 Å². The molecule has 166 valence electrons. The molecule has 0 amide bonds. The molecule has 0 radical (unpaired) electrons. The van der Waals surface area contributed by atoms with Gasteiger partial charge in [0.15, 0.2) is 0 Å². The first kappa shape index (κ1) is 20.8. The van der Waals surface area contributed by atoms with E-state index in [0.29, 0.717) is 10.8 Å². The first-order valence-electron chi connectivity index (χ1n) is 13.5. The Morgan fingerprint density at radius 2 is 1.59 bits per heavy atom. The summed E-state index contributed by atoms with van der Waals surface area (Å²) in [7, 11) is 0. The van der Waals surface area contributed by atoms with Crippen molar-refractivity contribution in [3.8, 4) is 0 Å². The summed E-state index contributed by atoms with van der Waals surface area (Å²) in [5, 5.41) is 10.7. The van der Waals surface area contributed by atoms with E-state index in [1.807, 2.05) is 0 Å². The zero-order valence-corrected chi connectivity index (χ0v) is 19.9. The van der Waals surface area contributed by atoms with E-state index in [-0.39, 0.29) is 0 Å². The highest BCUT2D eigenvalue weighted by atomic mass is 16.3. The minimum absolute atomic E-state index is 0.393. The molecule has 0 aromatic rings. The Morgan fingerprint density at radius 1 is 0.828 bits per heavy atom. The summed E-state index contributed by atoms with van der Waals surface area (Å²) in [6.45, 7) is 9.97. The number of hydrogen-bond donors (Lipinski definition) is 1. The molecule has 5 rings (SSSR count).